The molecule has 3 heterocycles. The summed E-state index contributed by atoms with van der Waals surface area (Å²) in [5.41, 5.74) is 24.2. The Labute approximate surface area is 501 Å². The lowest BCUT2D eigenvalue weighted by molar-refractivity contribution is 0.00578. The highest BCUT2D eigenvalue weighted by molar-refractivity contribution is 6.63. The van der Waals surface area contributed by atoms with Gasteiger partial charge in [-0.2, -0.15) is 0 Å². The number of nitrogens with zero attached hydrogens (tertiary/aromatic N) is 2. The molecular weight excluding hydrogens is 1040 g/mol. The Morgan fingerprint density at radius 1 is 0.329 bits per heavy atom. The van der Waals surface area contributed by atoms with Crippen LogP contribution in [0.4, 0.5) is 17.1 Å². The summed E-state index contributed by atoms with van der Waals surface area (Å²) in [4.78, 5) is 2.48. The van der Waals surface area contributed by atoms with Gasteiger partial charge in [0.25, 0.3) is 0 Å². The monoisotopic (exact) mass is 1110 g/mol. The van der Waals surface area contributed by atoms with Gasteiger partial charge in [0.1, 0.15) is 0 Å². The first kappa shape index (κ1) is 53.5. The zero-order valence-electron chi connectivity index (χ0n) is 50.5. The lowest BCUT2D eigenvalue weighted by Crippen LogP contribution is -2.41. The number of hydrogen-bond acceptors (Lipinski definition) is 5. The smallest absolute Gasteiger partial charge is 0.399 e. The molecule has 0 unspecified atom stereocenters. The van der Waals surface area contributed by atoms with Gasteiger partial charge in [-0.15, -0.1) is 0 Å². The molecule has 0 amide bonds. The van der Waals surface area contributed by atoms with Crippen LogP contribution in [0, 0.1) is 7.43 Å². The molecule has 6 nitrogen and oxygen atoms in total. The van der Waals surface area contributed by atoms with E-state index in [4.69, 9.17) is 18.6 Å². The molecule has 16 rings (SSSR count). The number of rotatable bonds is 7. The van der Waals surface area contributed by atoms with Crippen molar-refractivity contribution in [1.29, 1.82) is 0 Å². The molecule has 418 valence electrons. The van der Waals surface area contributed by atoms with E-state index in [1.165, 1.54) is 66.8 Å². The van der Waals surface area contributed by atoms with Crippen LogP contribution in [0.1, 0.15) is 103 Å². The summed E-state index contributed by atoms with van der Waals surface area (Å²) in [5, 5.41) is 2.22. The molecule has 0 radical (unpaired) electrons. The van der Waals surface area contributed by atoms with E-state index in [1.807, 2.05) is 0 Å². The van der Waals surface area contributed by atoms with Crippen molar-refractivity contribution in [3.05, 3.63) is 259 Å². The second-order valence-electron chi connectivity index (χ2n) is 26.5. The molecule has 0 N–H and O–H groups in total. The first-order chi connectivity index (χ1) is 40.3. The fourth-order valence-corrected chi connectivity index (χ4v) is 14.7. The van der Waals surface area contributed by atoms with Gasteiger partial charge in [-0.05, 0) is 205 Å². The number of hydrogen-bond donors (Lipinski definition) is 0. The zero-order chi connectivity index (χ0) is 57.5. The average molecular weight is 1110 g/mol. The van der Waals surface area contributed by atoms with Gasteiger partial charge in [-0.1, -0.05) is 172 Å². The quantitative estimate of drug-likeness (QED) is 0.118. The van der Waals surface area contributed by atoms with Crippen LogP contribution >= 0.6 is 0 Å². The Morgan fingerprint density at radius 3 is 1.13 bits per heavy atom. The number of fused-ring (bicyclic) bond motifs is 16. The third-order valence-corrected chi connectivity index (χ3v) is 20.5. The van der Waals surface area contributed by atoms with E-state index in [0.717, 1.165) is 66.6 Å². The van der Waals surface area contributed by atoms with E-state index in [1.54, 1.807) is 0 Å². The van der Waals surface area contributed by atoms with Crippen LogP contribution in [0.25, 0.3) is 72.0 Å². The van der Waals surface area contributed by atoms with Crippen molar-refractivity contribution >= 4 is 64.0 Å². The van der Waals surface area contributed by atoms with Crippen LogP contribution in [-0.4, -0.2) is 41.2 Å². The molecule has 1 aromatic heterocycles. The van der Waals surface area contributed by atoms with Crippen LogP contribution in [-0.2, 0) is 29.4 Å². The molecule has 0 atom stereocenters. The van der Waals surface area contributed by atoms with Gasteiger partial charge >= 0.3 is 14.2 Å². The predicted molar refractivity (Wildman–Crippen MR) is 353 cm³/mol. The number of anilines is 3. The highest BCUT2D eigenvalue weighted by Gasteiger charge is 2.54. The summed E-state index contributed by atoms with van der Waals surface area (Å²) in [6.45, 7) is 21.6. The third kappa shape index (κ3) is 7.55. The Kier molecular flexibility index (Phi) is 11.6. The van der Waals surface area contributed by atoms with E-state index in [0.29, 0.717) is 0 Å². The van der Waals surface area contributed by atoms with Gasteiger partial charge < -0.3 is 35.5 Å². The van der Waals surface area contributed by atoms with Gasteiger partial charge in [0.2, 0.25) is 0 Å². The van der Waals surface area contributed by atoms with Crippen LogP contribution < -0.4 is 15.8 Å². The highest BCUT2D eigenvalue weighted by Crippen LogP contribution is 2.63. The molecule has 5 aliphatic rings. The zero-order valence-corrected chi connectivity index (χ0v) is 50.5. The number of aromatic nitrogens is 1. The average Bonchev–Trinajstić information content (AvgIpc) is 1.55. The van der Waals surface area contributed by atoms with Crippen molar-refractivity contribution in [2.24, 2.45) is 0 Å². The summed E-state index contributed by atoms with van der Waals surface area (Å²) in [6, 6.07) is 81.9. The van der Waals surface area contributed by atoms with Gasteiger partial charge in [-0.3, -0.25) is 0 Å². The molecule has 8 heteroatoms. The lowest BCUT2D eigenvalue weighted by atomic mass is 9.70. The maximum Gasteiger partial charge on any atom is 0.494 e. The van der Waals surface area contributed by atoms with Crippen LogP contribution in [0.2, 0.25) is 0 Å². The summed E-state index contributed by atoms with van der Waals surface area (Å²) in [5.74, 6) is 0. The summed E-state index contributed by atoms with van der Waals surface area (Å²) < 4.78 is 28.8. The fraction of sp³-hybridized carbons (Fsp3) is 0.208. The maximum absolute atomic E-state index is 6.60. The van der Waals surface area contributed by atoms with Gasteiger partial charge in [-0.25, -0.2) is 0 Å². The molecule has 11 aromatic rings. The van der Waals surface area contributed by atoms with E-state index in [-0.39, 0.29) is 12.8 Å². The van der Waals surface area contributed by atoms with Crippen molar-refractivity contribution in [1.82, 2.24) is 4.57 Å². The predicted octanol–water partition coefficient (Wildman–Crippen LogP) is 17.6. The molecule has 3 aliphatic carbocycles. The summed E-state index contributed by atoms with van der Waals surface area (Å²) in [7, 11) is -0.987. The van der Waals surface area contributed by atoms with Crippen LogP contribution in [0.15, 0.2) is 218 Å². The maximum atomic E-state index is 6.60. The summed E-state index contributed by atoms with van der Waals surface area (Å²) >= 11 is 0. The third-order valence-electron chi connectivity index (χ3n) is 20.5. The minimum atomic E-state index is -0.494. The van der Waals surface area contributed by atoms with E-state index < -0.39 is 42.1 Å². The van der Waals surface area contributed by atoms with Crippen molar-refractivity contribution in [2.45, 2.75) is 102 Å². The topological polar surface area (TPSA) is 45.1 Å². The standard InChI is InChI=1S/C76H66B2N2O4.CH3/c1-71(2)63-23-15-11-19-55(63)59-39-37-53(45-67(59)71)79(54-38-40-60-58-22-14-18-26-66(58)76(68(60)46-54)64-24-16-12-20-56(64)57-21-13-17-25-65(57)76)51-33-27-47(28-34-51)48-29-35-52(36-30-48)80-69-41-31-49(77-81-72(3,4)73(5,6)82-77)43-61(69)62-44-50(32-42-70(62)80)78-83-74(7,8)75(9,10)84-78;/h11-46H,1-10H3;1H3/q;-1. The molecular formula is C77H69B2N2O4-. The van der Waals surface area contributed by atoms with Gasteiger partial charge in [0, 0.05) is 38.9 Å². The van der Waals surface area contributed by atoms with E-state index in [9.17, 15) is 0 Å². The number of benzene rings is 10. The molecule has 2 saturated heterocycles. The van der Waals surface area contributed by atoms with Crippen molar-refractivity contribution in [3.8, 4) is 50.2 Å². The SMILES string of the molecule is CC1(C)c2ccccc2-c2ccc(N(c3ccc(-c4ccc(-n5c6ccc(B7OC(C)(C)C(C)(C)O7)cc6c6cc(B7OC(C)(C)C(C)(C)O7)ccc65)cc4)cc3)c3ccc4c(c3)C3(c5ccccc5-c5ccccc53)c3ccccc3-4)cc21.[CH3-]. The van der Waals surface area contributed by atoms with Crippen molar-refractivity contribution in [2.75, 3.05) is 4.90 Å². The molecule has 85 heavy (non-hydrogen) atoms. The highest BCUT2D eigenvalue weighted by atomic mass is 16.7. The van der Waals surface area contributed by atoms with Crippen LogP contribution in [0.3, 0.4) is 0 Å². The van der Waals surface area contributed by atoms with Gasteiger partial charge in [0.15, 0.2) is 0 Å². The fourth-order valence-electron chi connectivity index (χ4n) is 14.7. The molecule has 10 aromatic carbocycles. The normalized spacial score (nSPS) is 18.0. The molecule has 0 bridgehead atoms. The molecule has 1 spiro atoms. The molecule has 0 saturated carbocycles. The van der Waals surface area contributed by atoms with Crippen LogP contribution in [0.5, 0.6) is 0 Å². The largest absolute Gasteiger partial charge is 0.494 e. The lowest BCUT2D eigenvalue weighted by Gasteiger charge is -2.32. The van der Waals surface area contributed by atoms with E-state index in [2.05, 4.69) is 297 Å². The van der Waals surface area contributed by atoms with Gasteiger partial charge in [0.05, 0.1) is 38.9 Å². The Hall–Kier alpha value is -8.23. The Morgan fingerprint density at radius 2 is 0.682 bits per heavy atom. The minimum absolute atomic E-state index is 0. The Bertz CT molecular complexity index is 4380. The summed E-state index contributed by atoms with van der Waals surface area (Å²) in [6.07, 6.45) is 0. The second kappa shape index (κ2) is 18.4. The molecule has 2 fully saturated rings. The van der Waals surface area contributed by atoms with Crippen molar-refractivity contribution in [3.63, 3.8) is 0 Å². The van der Waals surface area contributed by atoms with Crippen molar-refractivity contribution < 1.29 is 18.6 Å². The second-order valence-corrected chi connectivity index (χ2v) is 26.5. The van der Waals surface area contributed by atoms with E-state index >= 15 is 0 Å². The Balaban J connectivity index is 0.00000613. The first-order valence-corrected chi connectivity index (χ1v) is 29.8. The molecule has 2 aliphatic heterocycles. The minimum Gasteiger partial charge on any atom is -0.399 e. The first-order valence-electron chi connectivity index (χ1n) is 29.8.